The quantitative estimate of drug-likeness (QED) is 0.768. The molecule has 0 aliphatic carbocycles. The fraction of sp³-hybridized carbons (Fsp3) is 0.375. The first-order chi connectivity index (χ1) is 12.2. The van der Waals surface area contributed by atoms with Gasteiger partial charge in [-0.2, -0.15) is 4.98 Å². The average molecular weight is 361 g/mol. The molecule has 9 heteroatoms. The molecule has 1 aliphatic heterocycles. The van der Waals surface area contributed by atoms with Gasteiger partial charge in [-0.15, -0.1) is 5.10 Å². The van der Waals surface area contributed by atoms with Gasteiger partial charge < -0.3 is 9.64 Å². The first kappa shape index (κ1) is 15.9. The molecule has 0 amide bonds. The predicted octanol–water partition coefficient (Wildman–Crippen LogP) is 2.29. The maximum atomic E-state index is 13.0. The van der Waals surface area contributed by atoms with Gasteiger partial charge in [-0.1, -0.05) is 34.7 Å². The molecular formula is C16H16FN5O2S. The van der Waals surface area contributed by atoms with Crippen LogP contribution in [0.2, 0.25) is 0 Å². The number of nitrogens with one attached hydrogen (secondary N) is 1. The van der Waals surface area contributed by atoms with Crippen LogP contribution in [0.1, 0.15) is 18.4 Å². The number of piperidine rings is 1. The van der Waals surface area contributed by atoms with Crippen molar-refractivity contribution in [2.24, 2.45) is 0 Å². The van der Waals surface area contributed by atoms with Crippen LogP contribution in [0.15, 0.2) is 29.1 Å². The minimum Gasteiger partial charge on any atom is -0.490 e. The number of hydrogen-bond donors (Lipinski definition) is 1. The number of fused-ring (bicyclic) bond motifs is 1. The summed E-state index contributed by atoms with van der Waals surface area (Å²) in [5.74, 6) is 0.616. The van der Waals surface area contributed by atoms with Crippen molar-refractivity contribution < 1.29 is 9.13 Å². The Morgan fingerprint density at radius 1 is 1.32 bits per heavy atom. The number of alkyl halides is 1. The van der Waals surface area contributed by atoms with Crippen molar-refractivity contribution in [3.8, 4) is 5.75 Å². The van der Waals surface area contributed by atoms with Crippen molar-refractivity contribution in [2.45, 2.75) is 25.6 Å². The molecule has 3 heterocycles. The van der Waals surface area contributed by atoms with E-state index in [1.165, 1.54) is 11.3 Å². The van der Waals surface area contributed by atoms with Crippen molar-refractivity contribution in [1.82, 2.24) is 20.4 Å². The van der Waals surface area contributed by atoms with Crippen LogP contribution in [0.5, 0.6) is 5.75 Å². The molecule has 1 N–H and O–H groups in total. The van der Waals surface area contributed by atoms with Crippen LogP contribution in [-0.2, 0) is 6.67 Å². The highest BCUT2D eigenvalue weighted by Gasteiger charge is 2.24. The van der Waals surface area contributed by atoms with E-state index >= 15 is 0 Å². The van der Waals surface area contributed by atoms with Crippen molar-refractivity contribution >= 4 is 26.8 Å². The summed E-state index contributed by atoms with van der Waals surface area (Å²) < 4.78 is 19.5. The lowest BCUT2D eigenvalue weighted by Gasteiger charge is -2.32. The Labute approximate surface area is 146 Å². The van der Waals surface area contributed by atoms with Gasteiger partial charge in [-0.25, -0.2) is 9.49 Å². The van der Waals surface area contributed by atoms with Crippen molar-refractivity contribution in [2.75, 3.05) is 18.0 Å². The van der Waals surface area contributed by atoms with Gasteiger partial charge in [0, 0.05) is 31.5 Å². The number of nitrogens with zero attached hydrogens (tertiary/aromatic N) is 4. The Bertz CT molecular complexity index is 935. The van der Waals surface area contributed by atoms with Crippen LogP contribution >= 0.6 is 11.3 Å². The maximum absolute atomic E-state index is 13.0. The first-order valence-electron chi connectivity index (χ1n) is 8.02. The molecule has 3 aromatic rings. The number of hydrogen-bond acceptors (Lipinski definition) is 7. The van der Waals surface area contributed by atoms with Gasteiger partial charge in [0.1, 0.15) is 23.2 Å². The van der Waals surface area contributed by atoms with E-state index in [0.29, 0.717) is 21.7 Å². The summed E-state index contributed by atoms with van der Waals surface area (Å²) in [7, 11) is 0. The number of aromatic amines is 1. The molecule has 1 aliphatic rings. The Morgan fingerprint density at radius 2 is 2.12 bits per heavy atom. The zero-order valence-corrected chi connectivity index (χ0v) is 14.1. The smallest absolute Gasteiger partial charge is 0.286 e. The Balaban J connectivity index is 1.44. The molecule has 0 unspecified atom stereocenters. The van der Waals surface area contributed by atoms with Crippen molar-refractivity contribution in [1.29, 1.82) is 0 Å². The normalized spacial score (nSPS) is 15.6. The van der Waals surface area contributed by atoms with E-state index in [1.807, 2.05) is 12.1 Å². The molecule has 1 saturated heterocycles. The summed E-state index contributed by atoms with van der Waals surface area (Å²) in [4.78, 5) is 18.2. The largest absolute Gasteiger partial charge is 0.490 e. The fourth-order valence-corrected chi connectivity index (χ4v) is 3.84. The molecule has 7 nitrogen and oxygen atoms in total. The second kappa shape index (κ2) is 6.75. The van der Waals surface area contributed by atoms with E-state index in [-0.39, 0.29) is 11.7 Å². The lowest BCUT2D eigenvalue weighted by molar-refractivity contribution is 0.168. The van der Waals surface area contributed by atoms with Crippen LogP contribution in [0.4, 0.5) is 9.52 Å². The predicted molar refractivity (Wildman–Crippen MR) is 92.9 cm³/mol. The van der Waals surface area contributed by atoms with E-state index in [9.17, 15) is 9.18 Å². The molecule has 0 saturated carbocycles. The molecule has 0 radical (unpaired) electrons. The van der Waals surface area contributed by atoms with Gasteiger partial charge in [-0.05, 0) is 6.07 Å². The minimum atomic E-state index is -0.531. The van der Waals surface area contributed by atoms with Crippen molar-refractivity contribution in [3.63, 3.8) is 0 Å². The number of ether oxygens (including phenoxy) is 1. The van der Waals surface area contributed by atoms with Crippen LogP contribution in [-0.4, -0.2) is 39.6 Å². The Hall–Kier alpha value is -2.55. The van der Waals surface area contributed by atoms with Crippen LogP contribution < -0.4 is 15.2 Å². The molecule has 2 aromatic heterocycles. The third-order valence-electron chi connectivity index (χ3n) is 4.22. The van der Waals surface area contributed by atoms with E-state index < -0.39 is 6.67 Å². The van der Waals surface area contributed by atoms with Crippen LogP contribution in [0.25, 0.3) is 10.3 Å². The third kappa shape index (κ3) is 3.19. The van der Waals surface area contributed by atoms with Gasteiger partial charge in [0.15, 0.2) is 5.13 Å². The molecule has 0 bridgehead atoms. The summed E-state index contributed by atoms with van der Waals surface area (Å²) in [5, 5.41) is 10.5. The molecular weight excluding hydrogens is 345 g/mol. The number of anilines is 1. The molecule has 1 aromatic carbocycles. The van der Waals surface area contributed by atoms with E-state index in [4.69, 9.17) is 4.74 Å². The average Bonchev–Trinajstić information content (AvgIpc) is 3.08. The summed E-state index contributed by atoms with van der Waals surface area (Å²) >= 11 is 1.32. The number of H-pyrrole nitrogens is 1. The molecule has 4 rings (SSSR count). The van der Waals surface area contributed by atoms with E-state index in [0.717, 1.165) is 31.1 Å². The summed E-state index contributed by atoms with van der Waals surface area (Å²) in [6.07, 6.45) is 1.65. The standard InChI is InChI=1S/C16H16FN5O2S/c17-9-10-3-1-2-4-12(10)24-11-5-7-22(8-6-11)16-18-14-13(25-16)15(23)20-21-19-14/h1-4,11H,5-9H2,(H,19,20,23). The lowest BCUT2D eigenvalue weighted by Crippen LogP contribution is -2.38. The number of para-hydroxylation sites is 1. The Kier molecular flexibility index (Phi) is 4.31. The van der Waals surface area contributed by atoms with Crippen LogP contribution in [0, 0.1) is 0 Å². The zero-order valence-electron chi connectivity index (χ0n) is 13.3. The summed E-state index contributed by atoms with van der Waals surface area (Å²) in [6, 6.07) is 7.20. The topological polar surface area (TPSA) is 84.0 Å². The van der Waals surface area contributed by atoms with Gasteiger partial charge in [0.05, 0.1) is 0 Å². The van der Waals surface area contributed by atoms with Gasteiger partial charge in [-0.3, -0.25) is 4.79 Å². The summed E-state index contributed by atoms with van der Waals surface area (Å²) in [6.45, 7) is 0.984. The molecule has 130 valence electrons. The highest BCUT2D eigenvalue weighted by atomic mass is 32.1. The highest BCUT2D eigenvalue weighted by molar-refractivity contribution is 7.22. The third-order valence-corrected chi connectivity index (χ3v) is 5.33. The fourth-order valence-electron chi connectivity index (χ4n) is 2.89. The number of aromatic nitrogens is 4. The SMILES string of the molecule is O=c1[nH]nnc2nc(N3CCC(Oc4ccccc4CF)CC3)sc12. The van der Waals surface area contributed by atoms with E-state index in [1.54, 1.807) is 12.1 Å². The highest BCUT2D eigenvalue weighted by Crippen LogP contribution is 2.29. The second-order valence-electron chi connectivity index (χ2n) is 5.84. The van der Waals surface area contributed by atoms with Crippen molar-refractivity contribution in [3.05, 3.63) is 40.2 Å². The number of benzene rings is 1. The minimum absolute atomic E-state index is 0.0431. The first-order valence-corrected chi connectivity index (χ1v) is 8.83. The molecule has 0 atom stereocenters. The summed E-state index contributed by atoms with van der Waals surface area (Å²) in [5.41, 5.74) is 0.683. The monoisotopic (exact) mass is 361 g/mol. The maximum Gasteiger partial charge on any atom is 0.286 e. The molecule has 0 spiro atoms. The number of halogens is 1. The second-order valence-corrected chi connectivity index (χ2v) is 6.81. The lowest BCUT2D eigenvalue weighted by atomic mass is 10.1. The van der Waals surface area contributed by atoms with Gasteiger partial charge in [0.25, 0.3) is 5.56 Å². The Morgan fingerprint density at radius 3 is 2.88 bits per heavy atom. The van der Waals surface area contributed by atoms with Crippen LogP contribution in [0.3, 0.4) is 0 Å². The molecule has 1 fully saturated rings. The van der Waals surface area contributed by atoms with Gasteiger partial charge >= 0.3 is 0 Å². The van der Waals surface area contributed by atoms with Gasteiger partial charge in [0.2, 0.25) is 5.65 Å². The zero-order chi connectivity index (χ0) is 17.2. The van der Waals surface area contributed by atoms with E-state index in [2.05, 4.69) is 25.3 Å². The number of rotatable bonds is 4. The number of thiazole rings is 1. The molecule has 25 heavy (non-hydrogen) atoms.